The van der Waals surface area contributed by atoms with Crippen molar-refractivity contribution in [1.82, 2.24) is 20.3 Å². The second-order valence-corrected chi connectivity index (χ2v) is 9.05. The molecule has 2 fully saturated rings. The minimum absolute atomic E-state index is 0.0190. The van der Waals surface area contributed by atoms with E-state index in [4.69, 9.17) is 0 Å². The van der Waals surface area contributed by atoms with Crippen LogP contribution in [0.4, 0.5) is 4.79 Å². The summed E-state index contributed by atoms with van der Waals surface area (Å²) < 4.78 is 24.4. The Morgan fingerprint density at radius 3 is 2.24 bits per heavy atom. The predicted molar refractivity (Wildman–Crippen MR) is 95.6 cm³/mol. The summed E-state index contributed by atoms with van der Waals surface area (Å²) in [6.45, 7) is 1.47. The number of carbonyl (C=O) groups is 2. The van der Waals surface area contributed by atoms with Crippen LogP contribution in [0.3, 0.4) is 0 Å². The molecule has 1 heterocycles. The molecule has 0 aromatic rings. The Hall–Kier alpha value is -1.35. The Morgan fingerprint density at radius 1 is 1.00 bits per heavy atom. The number of carbonyl (C=O) groups excluding carboxylic acids is 2. The lowest BCUT2D eigenvalue weighted by atomic mass is 9.95. The first-order valence-electron chi connectivity index (χ1n) is 9.11. The highest BCUT2D eigenvalue weighted by atomic mass is 32.2. The summed E-state index contributed by atoms with van der Waals surface area (Å²) in [4.78, 5) is 23.6. The molecule has 1 saturated heterocycles. The standard InChI is InChI=1S/C16H30N4O4S/c1-25(23,24)20-9-7-13(8-10-20)11-17-16(22)18-12-15(21)19-14-5-3-2-4-6-14/h13-14H,2-12H2,1H3,(H,19,21)(H2,17,18,22). The van der Waals surface area contributed by atoms with Gasteiger partial charge in [-0.05, 0) is 31.6 Å². The Balaban J connectivity index is 1.57. The van der Waals surface area contributed by atoms with Gasteiger partial charge < -0.3 is 16.0 Å². The molecule has 25 heavy (non-hydrogen) atoms. The zero-order chi connectivity index (χ0) is 18.3. The first-order chi connectivity index (χ1) is 11.8. The third-order valence-corrected chi connectivity index (χ3v) is 6.28. The molecule has 3 amide bonds. The minimum Gasteiger partial charge on any atom is -0.352 e. The molecule has 0 atom stereocenters. The number of hydrogen-bond donors (Lipinski definition) is 3. The summed E-state index contributed by atoms with van der Waals surface area (Å²) in [6, 6.07) is -0.115. The third-order valence-electron chi connectivity index (χ3n) is 4.97. The van der Waals surface area contributed by atoms with Gasteiger partial charge in [0.25, 0.3) is 0 Å². The van der Waals surface area contributed by atoms with E-state index in [0.29, 0.717) is 19.6 Å². The highest BCUT2D eigenvalue weighted by molar-refractivity contribution is 7.88. The van der Waals surface area contributed by atoms with Crippen LogP contribution < -0.4 is 16.0 Å². The van der Waals surface area contributed by atoms with Crippen molar-refractivity contribution >= 4 is 22.0 Å². The van der Waals surface area contributed by atoms with Crippen LogP contribution in [0.1, 0.15) is 44.9 Å². The van der Waals surface area contributed by atoms with Crippen molar-refractivity contribution in [2.24, 2.45) is 5.92 Å². The van der Waals surface area contributed by atoms with Crippen molar-refractivity contribution in [3.8, 4) is 0 Å². The van der Waals surface area contributed by atoms with Crippen molar-refractivity contribution in [3.63, 3.8) is 0 Å². The van der Waals surface area contributed by atoms with Crippen LogP contribution in [-0.2, 0) is 14.8 Å². The number of piperidine rings is 1. The zero-order valence-corrected chi connectivity index (χ0v) is 15.7. The van der Waals surface area contributed by atoms with Crippen LogP contribution in [-0.4, -0.2) is 63.1 Å². The van der Waals surface area contributed by atoms with Crippen LogP contribution in [0.2, 0.25) is 0 Å². The molecule has 3 N–H and O–H groups in total. The van der Waals surface area contributed by atoms with Gasteiger partial charge in [0.15, 0.2) is 0 Å². The number of nitrogens with zero attached hydrogens (tertiary/aromatic N) is 1. The molecule has 144 valence electrons. The highest BCUT2D eigenvalue weighted by Crippen LogP contribution is 2.18. The highest BCUT2D eigenvalue weighted by Gasteiger charge is 2.25. The van der Waals surface area contributed by atoms with Gasteiger partial charge in [-0.3, -0.25) is 4.79 Å². The summed E-state index contributed by atoms with van der Waals surface area (Å²) in [5.74, 6) is 0.114. The van der Waals surface area contributed by atoms with Gasteiger partial charge in [-0.15, -0.1) is 0 Å². The molecule has 8 nitrogen and oxygen atoms in total. The number of amides is 3. The Labute approximate surface area is 150 Å². The van der Waals surface area contributed by atoms with Gasteiger partial charge in [0.05, 0.1) is 12.8 Å². The largest absolute Gasteiger partial charge is 0.352 e. The van der Waals surface area contributed by atoms with E-state index in [2.05, 4.69) is 16.0 Å². The van der Waals surface area contributed by atoms with Gasteiger partial charge >= 0.3 is 6.03 Å². The smallest absolute Gasteiger partial charge is 0.315 e. The molecular weight excluding hydrogens is 344 g/mol. The molecular formula is C16H30N4O4S. The SMILES string of the molecule is CS(=O)(=O)N1CCC(CNC(=O)NCC(=O)NC2CCCCC2)CC1. The molecule has 0 bridgehead atoms. The molecule has 1 saturated carbocycles. The summed E-state index contributed by atoms with van der Waals surface area (Å²) in [7, 11) is -3.12. The van der Waals surface area contributed by atoms with Gasteiger partial charge in [-0.2, -0.15) is 0 Å². The van der Waals surface area contributed by atoms with Crippen molar-refractivity contribution in [1.29, 1.82) is 0 Å². The molecule has 0 radical (unpaired) electrons. The molecule has 0 aromatic carbocycles. The predicted octanol–water partition coefficient (Wildman–Crippen LogP) is 0.406. The Kier molecular flexibility index (Phi) is 7.49. The summed E-state index contributed by atoms with van der Waals surface area (Å²) in [5.41, 5.74) is 0. The lowest BCUT2D eigenvalue weighted by molar-refractivity contribution is -0.121. The van der Waals surface area contributed by atoms with Gasteiger partial charge in [0.2, 0.25) is 15.9 Å². The fraction of sp³-hybridized carbons (Fsp3) is 0.875. The monoisotopic (exact) mass is 374 g/mol. The second-order valence-electron chi connectivity index (χ2n) is 7.07. The molecule has 2 aliphatic rings. The number of urea groups is 1. The zero-order valence-electron chi connectivity index (χ0n) is 14.9. The van der Waals surface area contributed by atoms with Crippen molar-refractivity contribution in [3.05, 3.63) is 0 Å². The number of sulfonamides is 1. The van der Waals surface area contributed by atoms with Crippen molar-refractivity contribution < 1.29 is 18.0 Å². The molecule has 9 heteroatoms. The minimum atomic E-state index is -3.12. The van der Waals surface area contributed by atoms with E-state index in [1.807, 2.05) is 0 Å². The maximum atomic E-state index is 11.8. The van der Waals surface area contributed by atoms with Crippen molar-refractivity contribution in [2.45, 2.75) is 51.0 Å². The lowest BCUT2D eigenvalue weighted by Crippen LogP contribution is -2.47. The van der Waals surface area contributed by atoms with Crippen LogP contribution in [0.25, 0.3) is 0 Å². The molecule has 0 spiro atoms. The summed E-state index contributed by atoms with van der Waals surface area (Å²) in [5, 5.41) is 8.30. The van der Waals surface area contributed by atoms with Gasteiger partial charge in [-0.25, -0.2) is 17.5 Å². The quantitative estimate of drug-likeness (QED) is 0.626. The molecule has 1 aliphatic carbocycles. The first-order valence-corrected chi connectivity index (χ1v) is 11.0. The van der Waals surface area contributed by atoms with E-state index in [1.54, 1.807) is 0 Å². The number of hydrogen-bond acceptors (Lipinski definition) is 4. The van der Waals surface area contributed by atoms with Crippen LogP contribution >= 0.6 is 0 Å². The van der Waals surface area contributed by atoms with E-state index < -0.39 is 10.0 Å². The number of rotatable bonds is 6. The summed E-state index contributed by atoms with van der Waals surface area (Å²) in [6.07, 6.45) is 8.25. The van der Waals surface area contributed by atoms with Gasteiger partial charge in [-0.1, -0.05) is 19.3 Å². The first kappa shape index (κ1) is 20.0. The van der Waals surface area contributed by atoms with Crippen LogP contribution in [0, 0.1) is 5.92 Å². The lowest BCUT2D eigenvalue weighted by Gasteiger charge is -2.30. The summed E-state index contributed by atoms with van der Waals surface area (Å²) >= 11 is 0. The molecule has 0 aromatic heterocycles. The fourth-order valence-corrected chi connectivity index (χ4v) is 4.30. The van der Waals surface area contributed by atoms with Gasteiger partial charge in [0.1, 0.15) is 0 Å². The topological polar surface area (TPSA) is 108 Å². The van der Waals surface area contributed by atoms with Gasteiger partial charge in [0, 0.05) is 25.7 Å². The fourth-order valence-electron chi connectivity index (χ4n) is 3.43. The number of nitrogens with one attached hydrogen (secondary N) is 3. The van der Waals surface area contributed by atoms with E-state index in [9.17, 15) is 18.0 Å². The van der Waals surface area contributed by atoms with E-state index in [1.165, 1.54) is 17.0 Å². The second kappa shape index (κ2) is 9.38. The molecule has 1 aliphatic heterocycles. The van der Waals surface area contributed by atoms with E-state index >= 15 is 0 Å². The van der Waals surface area contributed by atoms with Crippen molar-refractivity contribution in [2.75, 3.05) is 32.4 Å². The van der Waals surface area contributed by atoms with E-state index in [0.717, 1.165) is 38.5 Å². The molecule has 0 unspecified atom stereocenters. The normalized spacial score (nSPS) is 20.8. The Bertz CT molecular complexity index is 552. The Morgan fingerprint density at radius 2 is 1.64 bits per heavy atom. The maximum absolute atomic E-state index is 11.8. The average molecular weight is 375 g/mol. The average Bonchev–Trinajstić information content (AvgIpc) is 2.58. The molecule has 2 rings (SSSR count). The van der Waals surface area contributed by atoms with Crippen LogP contribution in [0.5, 0.6) is 0 Å². The third kappa shape index (κ3) is 7.19. The van der Waals surface area contributed by atoms with Crippen LogP contribution in [0.15, 0.2) is 0 Å². The van der Waals surface area contributed by atoms with E-state index in [-0.39, 0.29) is 30.4 Å². The maximum Gasteiger partial charge on any atom is 0.315 e.